The Kier molecular flexibility index (Phi) is 4.35. The second-order valence-corrected chi connectivity index (χ2v) is 8.84. The average Bonchev–Trinajstić information content (AvgIpc) is 3.06. The number of aromatic nitrogens is 2. The molecule has 0 unspecified atom stereocenters. The minimum Gasteiger partial charge on any atom is -0.437 e. The van der Waals surface area contributed by atoms with E-state index in [0.29, 0.717) is 11.6 Å². The third-order valence-corrected chi connectivity index (χ3v) is 5.94. The highest BCUT2D eigenvalue weighted by Gasteiger charge is 2.23. The fourth-order valence-corrected chi connectivity index (χ4v) is 4.54. The number of fused-ring (bicyclic) bond motifs is 4. The van der Waals surface area contributed by atoms with Crippen LogP contribution in [0.2, 0.25) is 0 Å². The standard InChI is InChI=1S/C27H27N2O/c1-16(2)14-19-8-11-21-20(15-19)12-13-29(5)25(21)24-17(3)6-9-22-23-10-7-18(4)28-27(23)30-26(22)24/h6-13,15-16H,14H2,1-5H3/q+1. The number of aryl methyl sites for hydroxylation is 3. The molecule has 0 saturated carbocycles. The molecule has 30 heavy (non-hydrogen) atoms. The number of hydrogen-bond acceptors (Lipinski definition) is 2. The quantitative estimate of drug-likeness (QED) is 0.329. The van der Waals surface area contributed by atoms with Gasteiger partial charge in [0.05, 0.1) is 10.9 Å². The van der Waals surface area contributed by atoms with Gasteiger partial charge in [-0.1, -0.05) is 38.1 Å². The summed E-state index contributed by atoms with van der Waals surface area (Å²) in [7, 11) is 2.11. The van der Waals surface area contributed by atoms with Crippen molar-refractivity contribution < 1.29 is 8.98 Å². The molecule has 150 valence electrons. The van der Waals surface area contributed by atoms with Gasteiger partial charge in [0.25, 0.3) is 0 Å². The average molecular weight is 396 g/mol. The van der Waals surface area contributed by atoms with Crippen LogP contribution in [0.1, 0.15) is 30.7 Å². The maximum absolute atomic E-state index is 6.36. The van der Waals surface area contributed by atoms with Gasteiger partial charge in [-0.2, -0.15) is 0 Å². The van der Waals surface area contributed by atoms with Crippen LogP contribution in [0, 0.1) is 19.8 Å². The molecule has 0 radical (unpaired) electrons. The Balaban J connectivity index is 1.84. The van der Waals surface area contributed by atoms with Crippen LogP contribution in [0.15, 0.2) is 59.1 Å². The SMILES string of the molecule is Cc1ccc2c(n1)oc1c(-c3c4ccc(CC(C)C)cc4cc[n+]3C)c(C)ccc12. The molecule has 2 aromatic carbocycles. The molecule has 0 bridgehead atoms. The zero-order chi connectivity index (χ0) is 21.0. The largest absolute Gasteiger partial charge is 0.437 e. The monoisotopic (exact) mass is 395 g/mol. The molecule has 3 aromatic heterocycles. The first-order valence-electron chi connectivity index (χ1n) is 10.6. The molecule has 0 amide bonds. The molecule has 0 spiro atoms. The fourth-order valence-electron chi connectivity index (χ4n) is 4.54. The zero-order valence-corrected chi connectivity index (χ0v) is 18.3. The van der Waals surface area contributed by atoms with Crippen molar-refractivity contribution in [2.45, 2.75) is 34.1 Å². The summed E-state index contributed by atoms with van der Waals surface area (Å²) in [5.74, 6) is 0.643. The van der Waals surface area contributed by atoms with E-state index in [1.54, 1.807) is 0 Å². The molecule has 3 nitrogen and oxygen atoms in total. The summed E-state index contributed by atoms with van der Waals surface area (Å²) in [5, 5.41) is 4.70. The summed E-state index contributed by atoms with van der Waals surface area (Å²) in [5.41, 5.74) is 7.50. The molecule has 3 heteroatoms. The van der Waals surface area contributed by atoms with Crippen molar-refractivity contribution in [2.24, 2.45) is 13.0 Å². The Morgan fingerprint density at radius 3 is 2.50 bits per heavy atom. The van der Waals surface area contributed by atoms with Crippen LogP contribution < -0.4 is 4.57 Å². The van der Waals surface area contributed by atoms with Crippen molar-refractivity contribution in [3.8, 4) is 11.3 Å². The Morgan fingerprint density at radius 1 is 0.933 bits per heavy atom. The van der Waals surface area contributed by atoms with Crippen molar-refractivity contribution in [1.82, 2.24) is 4.98 Å². The predicted molar refractivity (Wildman–Crippen MR) is 124 cm³/mol. The van der Waals surface area contributed by atoms with Gasteiger partial charge in [-0.05, 0) is 60.9 Å². The van der Waals surface area contributed by atoms with Crippen LogP contribution in [-0.2, 0) is 13.5 Å². The van der Waals surface area contributed by atoms with E-state index in [1.807, 2.05) is 13.0 Å². The van der Waals surface area contributed by atoms with Gasteiger partial charge in [-0.25, -0.2) is 9.55 Å². The Morgan fingerprint density at radius 2 is 1.70 bits per heavy atom. The summed E-state index contributed by atoms with van der Waals surface area (Å²) < 4.78 is 8.56. The molecule has 3 heterocycles. The van der Waals surface area contributed by atoms with E-state index in [0.717, 1.165) is 34.0 Å². The third kappa shape index (κ3) is 2.97. The lowest BCUT2D eigenvalue weighted by molar-refractivity contribution is -0.659. The van der Waals surface area contributed by atoms with Gasteiger partial charge in [0.1, 0.15) is 7.05 Å². The number of rotatable bonds is 3. The Bertz CT molecular complexity index is 1430. The summed E-state index contributed by atoms with van der Waals surface area (Å²) in [6, 6.07) is 17.6. The molecule has 0 aliphatic heterocycles. The van der Waals surface area contributed by atoms with Crippen LogP contribution in [0.3, 0.4) is 0 Å². The number of pyridine rings is 2. The highest BCUT2D eigenvalue weighted by atomic mass is 16.3. The van der Waals surface area contributed by atoms with Gasteiger partial charge in [0.2, 0.25) is 11.4 Å². The van der Waals surface area contributed by atoms with Crippen molar-refractivity contribution in [1.29, 1.82) is 0 Å². The van der Waals surface area contributed by atoms with Crippen molar-refractivity contribution >= 4 is 32.8 Å². The number of nitrogens with zero attached hydrogens (tertiary/aromatic N) is 2. The molecule has 5 rings (SSSR count). The lowest BCUT2D eigenvalue weighted by Crippen LogP contribution is -2.30. The minimum absolute atomic E-state index is 0.643. The number of furan rings is 1. The lowest BCUT2D eigenvalue weighted by Gasteiger charge is -2.10. The molecule has 0 fully saturated rings. The van der Waals surface area contributed by atoms with E-state index in [9.17, 15) is 0 Å². The molecule has 5 aromatic rings. The topological polar surface area (TPSA) is 29.9 Å². The smallest absolute Gasteiger partial charge is 0.227 e. The van der Waals surface area contributed by atoms with Gasteiger partial charge in [0.15, 0.2) is 11.8 Å². The normalized spacial score (nSPS) is 11.9. The predicted octanol–water partition coefficient (Wildman–Crippen LogP) is 6.44. The lowest BCUT2D eigenvalue weighted by atomic mass is 9.95. The highest BCUT2D eigenvalue weighted by molar-refractivity contribution is 6.11. The third-order valence-electron chi connectivity index (χ3n) is 5.94. The van der Waals surface area contributed by atoms with Gasteiger partial charge >= 0.3 is 0 Å². The molecule has 0 N–H and O–H groups in total. The highest BCUT2D eigenvalue weighted by Crippen LogP contribution is 2.38. The molecule has 0 saturated heterocycles. The summed E-state index contributed by atoms with van der Waals surface area (Å²) in [6.45, 7) is 8.69. The minimum atomic E-state index is 0.643. The van der Waals surface area contributed by atoms with Crippen LogP contribution in [0.25, 0.3) is 44.1 Å². The van der Waals surface area contributed by atoms with Crippen LogP contribution in [-0.4, -0.2) is 4.98 Å². The first-order chi connectivity index (χ1) is 14.4. The zero-order valence-electron chi connectivity index (χ0n) is 18.3. The van der Waals surface area contributed by atoms with E-state index >= 15 is 0 Å². The Hall–Kier alpha value is -3.20. The summed E-state index contributed by atoms with van der Waals surface area (Å²) >= 11 is 0. The van der Waals surface area contributed by atoms with E-state index < -0.39 is 0 Å². The van der Waals surface area contributed by atoms with Crippen LogP contribution in [0.5, 0.6) is 0 Å². The number of hydrogen-bond donors (Lipinski definition) is 0. The summed E-state index contributed by atoms with van der Waals surface area (Å²) in [6.07, 6.45) is 3.25. The van der Waals surface area contributed by atoms with Crippen LogP contribution >= 0.6 is 0 Å². The van der Waals surface area contributed by atoms with E-state index in [2.05, 4.69) is 86.0 Å². The maximum atomic E-state index is 6.36. The van der Waals surface area contributed by atoms with Crippen molar-refractivity contribution in [3.63, 3.8) is 0 Å². The van der Waals surface area contributed by atoms with Crippen LogP contribution in [0.4, 0.5) is 0 Å². The van der Waals surface area contributed by atoms with Gasteiger partial charge in [-0.15, -0.1) is 0 Å². The molecular formula is C27H27N2O+. The van der Waals surface area contributed by atoms with Gasteiger partial charge in [0, 0.05) is 22.5 Å². The molecule has 0 atom stereocenters. The molecular weight excluding hydrogens is 368 g/mol. The Labute approximate surface area is 177 Å². The van der Waals surface area contributed by atoms with Crippen molar-refractivity contribution in [2.75, 3.05) is 0 Å². The second-order valence-electron chi connectivity index (χ2n) is 8.84. The second kappa shape index (κ2) is 6.94. The first kappa shape index (κ1) is 18.8. The fraction of sp³-hybridized carbons (Fsp3) is 0.259. The van der Waals surface area contributed by atoms with E-state index in [-0.39, 0.29) is 0 Å². The van der Waals surface area contributed by atoms with E-state index in [4.69, 9.17) is 4.42 Å². The molecule has 0 aliphatic carbocycles. The van der Waals surface area contributed by atoms with Crippen molar-refractivity contribution in [3.05, 3.63) is 71.5 Å². The van der Waals surface area contributed by atoms with E-state index in [1.165, 1.54) is 27.6 Å². The first-order valence-corrected chi connectivity index (χ1v) is 10.6. The molecule has 0 aliphatic rings. The summed E-state index contributed by atoms with van der Waals surface area (Å²) in [4.78, 5) is 4.63. The van der Waals surface area contributed by atoms with Gasteiger partial charge in [-0.3, -0.25) is 0 Å². The van der Waals surface area contributed by atoms with Gasteiger partial charge < -0.3 is 4.42 Å². The maximum Gasteiger partial charge on any atom is 0.227 e. The number of benzene rings is 2.